The van der Waals surface area contributed by atoms with Crippen molar-refractivity contribution in [1.29, 1.82) is 0 Å². The number of carbonyl (C=O) groups excluding carboxylic acids is 1. The van der Waals surface area contributed by atoms with E-state index in [1.165, 1.54) is 29.5 Å². The lowest BCUT2D eigenvalue weighted by Crippen LogP contribution is -2.15. The largest absolute Gasteiger partial charge is 0.416 e. The van der Waals surface area contributed by atoms with Crippen LogP contribution in [-0.4, -0.2) is 21.6 Å². The molecule has 0 fully saturated rings. The van der Waals surface area contributed by atoms with Crippen molar-refractivity contribution < 1.29 is 18.0 Å². The van der Waals surface area contributed by atoms with Crippen LogP contribution in [0.25, 0.3) is 0 Å². The van der Waals surface area contributed by atoms with E-state index in [0.29, 0.717) is 5.16 Å². The summed E-state index contributed by atoms with van der Waals surface area (Å²) >= 11 is 1.18. The molecule has 132 valence electrons. The van der Waals surface area contributed by atoms with Crippen LogP contribution in [-0.2, 0) is 23.8 Å². The monoisotopic (exact) mass is 367 g/mol. The number of benzene rings is 1. The van der Waals surface area contributed by atoms with Crippen molar-refractivity contribution >= 4 is 23.4 Å². The topological polar surface area (TPSA) is 54.9 Å². The molecule has 1 aromatic carbocycles. The lowest BCUT2D eigenvalue weighted by molar-refractivity contribution is -0.137. The van der Waals surface area contributed by atoms with Crippen molar-refractivity contribution in [1.82, 2.24) is 9.97 Å². The fraction of sp³-hybridized carbons (Fsp3) is 0.353. The molecule has 0 bridgehead atoms. The molecule has 1 aromatic heterocycles. The minimum absolute atomic E-state index is 0.0362. The van der Waals surface area contributed by atoms with Gasteiger partial charge in [-0.3, -0.25) is 4.79 Å². The van der Waals surface area contributed by atoms with Crippen LogP contribution in [0, 0.1) is 6.92 Å². The fourth-order valence-corrected chi connectivity index (χ4v) is 3.47. The van der Waals surface area contributed by atoms with Crippen molar-refractivity contribution in [3.8, 4) is 0 Å². The molecule has 3 rings (SSSR count). The highest BCUT2D eigenvalue weighted by atomic mass is 32.2. The number of halogens is 3. The van der Waals surface area contributed by atoms with Gasteiger partial charge in [0, 0.05) is 17.1 Å². The molecule has 0 saturated heterocycles. The maximum absolute atomic E-state index is 12.7. The van der Waals surface area contributed by atoms with Crippen LogP contribution in [0.4, 0.5) is 18.9 Å². The van der Waals surface area contributed by atoms with Crippen LogP contribution in [0.2, 0.25) is 0 Å². The molecule has 0 atom stereocenters. The number of hydrogen-bond donors (Lipinski definition) is 1. The Bertz CT molecular complexity index is 808. The van der Waals surface area contributed by atoms with Gasteiger partial charge in [0.25, 0.3) is 0 Å². The number of alkyl halides is 3. The van der Waals surface area contributed by atoms with Gasteiger partial charge in [-0.25, -0.2) is 9.97 Å². The minimum atomic E-state index is -4.44. The van der Waals surface area contributed by atoms with Gasteiger partial charge in [0.15, 0.2) is 5.16 Å². The van der Waals surface area contributed by atoms with Crippen molar-refractivity contribution in [3.05, 3.63) is 46.8 Å². The van der Waals surface area contributed by atoms with E-state index in [4.69, 9.17) is 0 Å². The molecule has 1 N–H and O–H groups in total. The number of fused-ring (bicyclic) bond motifs is 1. The Hall–Kier alpha value is -2.09. The summed E-state index contributed by atoms with van der Waals surface area (Å²) < 4.78 is 38.1. The molecule has 1 aliphatic rings. The first-order valence-electron chi connectivity index (χ1n) is 7.79. The van der Waals surface area contributed by atoms with E-state index in [1.54, 1.807) is 0 Å². The van der Waals surface area contributed by atoms with Crippen LogP contribution in [0.1, 0.15) is 28.9 Å². The average molecular weight is 367 g/mol. The maximum Gasteiger partial charge on any atom is 0.416 e. The van der Waals surface area contributed by atoms with Gasteiger partial charge in [-0.05, 0) is 49.9 Å². The highest BCUT2D eigenvalue weighted by molar-refractivity contribution is 7.99. The number of anilines is 1. The Morgan fingerprint density at radius 1 is 1.28 bits per heavy atom. The molecule has 0 aliphatic heterocycles. The van der Waals surface area contributed by atoms with E-state index in [-0.39, 0.29) is 11.4 Å². The van der Waals surface area contributed by atoms with Gasteiger partial charge in [0.2, 0.25) is 5.91 Å². The Balaban J connectivity index is 1.61. The number of amides is 1. The summed E-state index contributed by atoms with van der Waals surface area (Å²) in [4.78, 5) is 20.9. The fourth-order valence-electron chi connectivity index (χ4n) is 2.76. The van der Waals surface area contributed by atoms with Crippen molar-refractivity contribution in [2.75, 3.05) is 11.1 Å². The normalized spacial score (nSPS) is 13.6. The van der Waals surface area contributed by atoms with Gasteiger partial charge in [-0.1, -0.05) is 17.8 Å². The summed E-state index contributed by atoms with van der Waals surface area (Å²) in [6.07, 6.45) is -1.47. The third kappa shape index (κ3) is 4.31. The number of nitrogens with one attached hydrogen (secondary N) is 1. The molecule has 25 heavy (non-hydrogen) atoms. The molecule has 4 nitrogen and oxygen atoms in total. The van der Waals surface area contributed by atoms with Gasteiger partial charge in [-0.2, -0.15) is 13.2 Å². The number of hydrogen-bond acceptors (Lipinski definition) is 4. The van der Waals surface area contributed by atoms with E-state index in [2.05, 4.69) is 15.3 Å². The maximum atomic E-state index is 12.7. The minimum Gasteiger partial charge on any atom is -0.325 e. The highest BCUT2D eigenvalue weighted by Crippen LogP contribution is 2.31. The van der Waals surface area contributed by atoms with Crippen LogP contribution in [0.15, 0.2) is 29.4 Å². The Kier molecular flexibility index (Phi) is 4.99. The smallest absolute Gasteiger partial charge is 0.325 e. The number of aromatic nitrogens is 2. The number of nitrogens with zero attached hydrogens (tertiary/aromatic N) is 2. The second-order valence-electron chi connectivity index (χ2n) is 5.79. The van der Waals surface area contributed by atoms with Gasteiger partial charge >= 0.3 is 6.18 Å². The molecule has 0 radical (unpaired) electrons. The summed E-state index contributed by atoms with van der Waals surface area (Å²) in [5, 5.41) is 3.00. The zero-order chi connectivity index (χ0) is 18.0. The standard InChI is InChI=1S/C17H16F3N3OS/c1-10-13-6-3-7-14(13)23-16(21-10)25-9-15(24)22-12-5-2-4-11(8-12)17(18,19)20/h2,4-5,8H,3,6-7,9H2,1H3,(H,22,24). The Morgan fingerprint density at radius 2 is 2.08 bits per heavy atom. The zero-order valence-corrected chi connectivity index (χ0v) is 14.3. The van der Waals surface area contributed by atoms with E-state index in [9.17, 15) is 18.0 Å². The molecular formula is C17H16F3N3OS. The average Bonchev–Trinajstić information content (AvgIpc) is 3.01. The van der Waals surface area contributed by atoms with Crippen LogP contribution >= 0.6 is 11.8 Å². The highest BCUT2D eigenvalue weighted by Gasteiger charge is 2.30. The molecule has 1 heterocycles. The quantitative estimate of drug-likeness (QED) is 0.655. The van der Waals surface area contributed by atoms with Crippen molar-refractivity contribution in [2.24, 2.45) is 0 Å². The molecule has 1 amide bonds. The van der Waals surface area contributed by atoms with Gasteiger partial charge in [0.05, 0.1) is 11.3 Å². The number of carbonyl (C=O) groups is 1. The van der Waals surface area contributed by atoms with Gasteiger partial charge in [-0.15, -0.1) is 0 Å². The first-order chi connectivity index (χ1) is 11.8. The summed E-state index contributed by atoms with van der Waals surface area (Å²) in [7, 11) is 0. The number of thioether (sulfide) groups is 1. The van der Waals surface area contributed by atoms with Gasteiger partial charge in [0.1, 0.15) is 0 Å². The van der Waals surface area contributed by atoms with E-state index in [0.717, 1.165) is 42.8 Å². The SMILES string of the molecule is Cc1nc(SCC(=O)Nc2cccc(C(F)(F)F)c2)nc2c1CCC2. The number of aryl methyl sites for hydroxylation is 2. The van der Waals surface area contributed by atoms with Crippen LogP contribution < -0.4 is 5.32 Å². The first-order valence-corrected chi connectivity index (χ1v) is 8.78. The summed E-state index contributed by atoms with van der Waals surface area (Å²) in [5.41, 5.74) is 2.48. The molecule has 1 aliphatic carbocycles. The Morgan fingerprint density at radius 3 is 2.84 bits per heavy atom. The molecule has 8 heteroatoms. The molecule has 0 unspecified atom stereocenters. The summed E-state index contributed by atoms with van der Waals surface area (Å²) in [6, 6.07) is 4.57. The molecule has 0 saturated carbocycles. The predicted octanol–water partition coefficient (Wildman–Crippen LogP) is 4.02. The lowest BCUT2D eigenvalue weighted by atomic mass is 10.2. The van der Waals surface area contributed by atoms with Crippen molar-refractivity contribution in [2.45, 2.75) is 37.5 Å². The second kappa shape index (κ2) is 7.03. The molecule has 0 spiro atoms. The molecular weight excluding hydrogens is 351 g/mol. The van der Waals surface area contributed by atoms with Crippen LogP contribution in [0.5, 0.6) is 0 Å². The second-order valence-corrected chi connectivity index (χ2v) is 6.73. The van der Waals surface area contributed by atoms with E-state index in [1.807, 2.05) is 6.92 Å². The molecule has 2 aromatic rings. The first kappa shape index (κ1) is 17.7. The van der Waals surface area contributed by atoms with Crippen LogP contribution in [0.3, 0.4) is 0 Å². The van der Waals surface area contributed by atoms with E-state index >= 15 is 0 Å². The van der Waals surface area contributed by atoms with Gasteiger partial charge < -0.3 is 5.32 Å². The van der Waals surface area contributed by atoms with Crippen molar-refractivity contribution in [3.63, 3.8) is 0 Å². The Labute approximate surface area is 147 Å². The lowest BCUT2D eigenvalue weighted by Gasteiger charge is -2.10. The van der Waals surface area contributed by atoms with E-state index < -0.39 is 17.6 Å². The summed E-state index contributed by atoms with van der Waals surface area (Å²) in [5.74, 6) is -0.361. The third-order valence-corrected chi connectivity index (χ3v) is 4.77. The third-order valence-electron chi connectivity index (χ3n) is 3.93. The zero-order valence-electron chi connectivity index (χ0n) is 13.5. The summed E-state index contributed by atoms with van der Waals surface area (Å²) in [6.45, 7) is 1.93. The predicted molar refractivity (Wildman–Crippen MR) is 89.6 cm³/mol. The number of rotatable bonds is 4.